The average Bonchev–Trinajstić information content (AvgIpc) is 2.82. The minimum absolute atomic E-state index is 0.794. The molecule has 2 nitrogen and oxygen atoms in total. The van der Waals surface area contributed by atoms with E-state index in [4.69, 9.17) is 11.6 Å². The molecule has 0 unspecified atom stereocenters. The fourth-order valence-electron chi connectivity index (χ4n) is 2.56. The van der Waals surface area contributed by atoms with Crippen LogP contribution in [0.15, 0.2) is 54.7 Å². The summed E-state index contributed by atoms with van der Waals surface area (Å²) in [5.41, 5.74) is 3.75. The van der Waals surface area contributed by atoms with Gasteiger partial charge in [-0.1, -0.05) is 41.9 Å². The number of halogens is 1. The first-order chi connectivity index (χ1) is 9.72. The number of fused-ring (bicyclic) bond motifs is 1. The van der Waals surface area contributed by atoms with Crippen LogP contribution in [0.5, 0.6) is 0 Å². The van der Waals surface area contributed by atoms with Crippen molar-refractivity contribution in [2.24, 2.45) is 0 Å². The molecule has 3 aromatic rings. The molecule has 0 amide bonds. The average molecular weight is 285 g/mol. The molecule has 20 heavy (non-hydrogen) atoms. The van der Waals surface area contributed by atoms with E-state index in [0.29, 0.717) is 0 Å². The van der Waals surface area contributed by atoms with Gasteiger partial charge in [-0.15, -0.1) is 0 Å². The van der Waals surface area contributed by atoms with Gasteiger partial charge in [-0.2, -0.15) is 0 Å². The number of aromatic nitrogens is 1. The van der Waals surface area contributed by atoms with Crippen LogP contribution < -0.4 is 0 Å². The molecule has 1 N–H and O–H groups in total. The molecule has 0 atom stereocenters. The number of rotatable bonds is 4. The smallest absolute Gasteiger partial charge is 0.0457 e. The zero-order valence-corrected chi connectivity index (χ0v) is 12.2. The summed E-state index contributed by atoms with van der Waals surface area (Å²) >= 11 is 6.03. The molecule has 102 valence electrons. The van der Waals surface area contributed by atoms with Crippen LogP contribution in [0.1, 0.15) is 11.1 Å². The number of hydrogen-bond acceptors (Lipinski definition) is 1. The van der Waals surface area contributed by atoms with Gasteiger partial charge in [0.05, 0.1) is 0 Å². The first-order valence-electron chi connectivity index (χ1n) is 6.70. The molecule has 3 rings (SSSR count). The molecule has 0 radical (unpaired) electrons. The lowest BCUT2D eigenvalue weighted by molar-refractivity contribution is 0.320. The second-order valence-electron chi connectivity index (χ2n) is 5.16. The summed E-state index contributed by atoms with van der Waals surface area (Å²) in [6.07, 6.45) is 2.10. The summed E-state index contributed by atoms with van der Waals surface area (Å²) in [6, 6.07) is 16.4. The molecular formula is C17H17ClN2. The maximum atomic E-state index is 6.03. The van der Waals surface area contributed by atoms with Crippen molar-refractivity contribution in [3.63, 3.8) is 0 Å². The van der Waals surface area contributed by atoms with E-state index in [1.54, 1.807) is 0 Å². The molecule has 0 saturated carbocycles. The Bertz CT molecular complexity index is 718. The van der Waals surface area contributed by atoms with Crippen molar-refractivity contribution in [1.29, 1.82) is 0 Å². The molecule has 0 saturated heterocycles. The number of benzene rings is 2. The quantitative estimate of drug-likeness (QED) is 0.750. The van der Waals surface area contributed by atoms with Crippen LogP contribution in [0, 0.1) is 0 Å². The van der Waals surface area contributed by atoms with Crippen molar-refractivity contribution in [3.8, 4) is 0 Å². The summed E-state index contributed by atoms with van der Waals surface area (Å²) in [7, 11) is 2.13. The van der Waals surface area contributed by atoms with Gasteiger partial charge in [-0.25, -0.2) is 0 Å². The lowest BCUT2D eigenvalue weighted by atomic mass is 10.1. The Morgan fingerprint density at radius 2 is 1.90 bits per heavy atom. The Kier molecular flexibility index (Phi) is 3.77. The van der Waals surface area contributed by atoms with E-state index in [1.165, 1.54) is 22.0 Å². The van der Waals surface area contributed by atoms with Crippen molar-refractivity contribution in [3.05, 3.63) is 70.9 Å². The Morgan fingerprint density at radius 1 is 1.05 bits per heavy atom. The van der Waals surface area contributed by atoms with Gasteiger partial charge in [0.2, 0.25) is 0 Å². The van der Waals surface area contributed by atoms with Gasteiger partial charge < -0.3 is 4.98 Å². The highest BCUT2D eigenvalue weighted by Crippen LogP contribution is 2.20. The maximum absolute atomic E-state index is 6.03. The first-order valence-corrected chi connectivity index (χ1v) is 7.08. The second kappa shape index (κ2) is 5.70. The molecule has 0 aliphatic rings. The molecule has 2 aromatic carbocycles. The summed E-state index contributed by atoms with van der Waals surface area (Å²) in [4.78, 5) is 5.61. The number of para-hydroxylation sites is 1. The second-order valence-corrected chi connectivity index (χ2v) is 5.60. The fraction of sp³-hybridized carbons (Fsp3) is 0.176. The fourth-order valence-corrected chi connectivity index (χ4v) is 2.77. The highest BCUT2D eigenvalue weighted by atomic mass is 35.5. The lowest BCUT2D eigenvalue weighted by Crippen LogP contribution is -2.16. The topological polar surface area (TPSA) is 19.0 Å². The molecule has 0 fully saturated rings. The molecule has 1 aromatic heterocycles. The molecule has 0 bridgehead atoms. The first kappa shape index (κ1) is 13.2. The lowest BCUT2D eigenvalue weighted by Gasteiger charge is -2.16. The minimum atomic E-state index is 0.794. The molecule has 3 heteroatoms. The summed E-state index contributed by atoms with van der Waals surface area (Å²) in [5, 5.41) is 2.09. The van der Waals surface area contributed by atoms with E-state index in [-0.39, 0.29) is 0 Å². The van der Waals surface area contributed by atoms with E-state index in [1.807, 2.05) is 18.2 Å². The highest BCUT2D eigenvalue weighted by Gasteiger charge is 2.07. The molecule has 0 aliphatic carbocycles. The van der Waals surface area contributed by atoms with E-state index in [2.05, 4.69) is 53.5 Å². The maximum Gasteiger partial charge on any atom is 0.0457 e. The number of nitrogens with one attached hydrogen (secondary N) is 1. The third-order valence-electron chi connectivity index (χ3n) is 3.46. The van der Waals surface area contributed by atoms with Crippen molar-refractivity contribution in [2.75, 3.05) is 7.05 Å². The summed E-state index contributed by atoms with van der Waals surface area (Å²) in [6.45, 7) is 1.80. The Hall–Kier alpha value is -1.77. The number of hydrogen-bond donors (Lipinski definition) is 1. The van der Waals surface area contributed by atoms with Crippen molar-refractivity contribution in [2.45, 2.75) is 13.1 Å². The van der Waals surface area contributed by atoms with Crippen LogP contribution >= 0.6 is 11.6 Å². The van der Waals surface area contributed by atoms with E-state index in [9.17, 15) is 0 Å². The largest absolute Gasteiger partial charge is 0.361 e. The van der Waals surface area contributed by atoms with Gasteiger partial charge in [0.1, 0.15) is 0 Å². The van der Waals surface area contributed by atoms with Crippen LogP contribution in [0.25, 0.3) is 10.9 Å². The number of aromatic amines is 1. The van der Waals surface area contributed by atoms with Gasteiger partial charge in [0.25, 0.3) is 0 Å². The van der Waals surface area contributed by atoms with Gasteiger partial charge in [0, 0.05) is 35.2 Å². The van der Waals surface area contributed by atoms with Crippen molar-refractivity contribution < 1.29 is 0 Å². The van der Waals surface area contributed by atoms with Crippen LogP contribution in [-0.4, -0.2) is 16.9 Å². The number of nitrogens with zero attached hydrogens (tertiary/aromatic N) is 1. The molecule has 1 heterocycles. The Morgan fingerprint density at radius 3 is 2.75 bits per heavy atom. The van der Waals surface area contributed by atoms with Gasteiger partial charge in [-0.05, 0) is 36.4 Å². The van der Waals surface area contributed by atoms with Crippen LogP contribution in [0.4, 0.5) is 0 Å². The van der Waals surface area contributed by atoms with Crippen molar-refractivity contribution >= 4 is 22.5 Å². The summed E-state index contributed by atoms with van der Waals surface area (Å²) in [5.74, 6) is 0. The van der Waals surface area contributed by atoms with E-state index >= 15 is 0 Å². The molecule has 0 spiro atoms. The highest BCUT2D eigenvalue weighted by molar-refractivity contribution is 6.30. The third-order valence-corrected chi connectivity index (χ3v) is 3.69. The molecule has 0 aliphatic heterocycles. The predicted molar refractivity (Wildman–Crippen MR) is 84.9 cm³/mol. The monoisotopic (exact) mass is 284 g/mol. The van der Waals surface area contributed by atoms with Crippen molar-refractivity contribution in [1.82, 2.24) is 9.88 Å². The molecular weight excluding hydrogens is 268 g/mol. The van der Waals surface area contributed by atoms with Gasteiger partial charge in [-0.3, -0.25) is 4.90 Å². The zero-order chi connectivity index (χ0) is 13.9. The summed E-state index contributed by atoms with van der Waals surface area (Å²) < 4.78 is 0. The standard InChI is InChI=1S/C17H17ClN2/c1-20(11-13-5-4-6-15(18)9-13)12-14-10-19-17-8-3-2-7-16(14)17/h2-10,19H,11-12H2,1H3. The van der Waals surface area contributed by atoms with Crippen LogP contribution in [0.3, 0.4) is 0 Å². The van der Waals surface area contributed by atoms with E-state index in [0.717, 1.165) is 18.1 Å². The third kappa shape index (κ3) is 2.87. The SMILES string of the molecule is CN(Cc1cccc(Cl)c1)Cc1c[nH]c2ccccc12. The zero-order valence-electron chi connectivity index (χ0n) is 11.4. The van der Waals surface area contributed by atoms with Gasteiger partial charge >= 0.3 is 0 Å². The van der Waals surface area contributed by atoms with Crippen LogP contribution in [-0.2, 0) is 13.1 Å². The Labute approximate surface area is 124 Å². The number of H-pyrrole nitrogens is 1. The normalized spacial score (nSPS) is 11.3. The minimum Gasteiger partial charge on any atom is -0.361 e. The van der Waals surface area contributed by atoms with Crippen LogP contribution in [0.2, 0.25) is 5.02 Å². The van der Waals surface area contributed by atoms with E-state index < -0.39 is 0 Å². The Balaban J connectivity index is 1.74. The predicted octanol–water partition coefficient (Wildman–Crippen LogP) is 4.45. The van der Waals surface area contributed by atoms with Gasteiger partial charge in [0.15, 0.2) is 0 Å².